The van der Waals surface area contributed by atoms with Gasteiger partial charge in [-0.15, -0.1) is 0 Å². The lowest BCUT2D eigenvalue weighted by molar-refractivity contribution is -0.134. The SMILES string of the molecule is COC(=O)C=CC(O)C1CCCC1. The molecule has 3 nitrogen and oxygen atoms in total. The van der Waals surface area contributed by atoms with Crippen molar-refractivity contribution in [2.45, 2.75) is 31.8 Å². The van der Waals surface area contributed by atoms with E-state index in [1.807, 2.05) is 0 Å². The Bertz CT molecular complexity index is 192. The standard InChI is InChI=1S/C10H16O3/c1-13-10(12)7-6-9(11)8-4-2-3-5-8/h6-9,11H,2-5H2,1H3. The fourth-order valence-corrected chi connectivity index (χ4v) is 1.70. The van der Waals surface area contributed by atoms with Gasteiger partial charge in [0, 0.05) is 6.08 Å². The van der Waals surface area contributed by atoms with Crippen LogP contribution in [0.2, 0.25) is 0 Å². The quantitative estimate of drug-likeness (QED) is 0.530. The monoisotopic (exact) mass is 184 g/mol. The first-order chi connectivity index (χ1) is 6.24. The fourth-order valence-electron chi connectivity index (χ4n) is 1.70. The molecule has 1 saturated carbocycles. The van der Waals surface area contributed by atoms with Crippen molar-refractivity contribution in [3.63, 3.8) is 0 Å². The number of carbonyl (C=O) groups excluding carboxylic acids is 1. The number of carbonyl (C=O) groups is 1. The third-order valence-corrected chi connectivity index (χ3v) is 2.51. The number of aliphatic hydroxyl groups excluding tert-OH is 1. The molecule has 0 spiro atoms. The summed E-state index contributed by atoms with van der Waals surface area (Å²) in [6.07, 6.45) is 6.84. The van der Waals surface area contributed by atoms with Crippen molar-refractivity contribution in [3.8, 4) is 0 Å². The minimum absolute atomic E-state index is 0.334. The minimum Gasteiger partial charge on any atom is -0.466 e. The van der Waals surface area contributed by atoms with E-state index in [0.29, 0.717) is 5.92 Å². The second-order valence-electron chi connectivity index (χ2n) is 3.42. The zero-order valence-electron chi connectivity index (χ0n) is 7.90. The van der Waals surface area contributed by atoms with E-state index in [1.165, 1.54) is 32.1 Å². The highest BCUT2D eigenvalue weighted by Crippen LogP contribution is 2.28. The predicted octanol–water partition coefficient (Wildman–Crippen LogP) is 1.27. The molecule has 1 rings (SSSR count). The molecule has 1 unspecified atom stereocenters. The van der Waals surface area contributed by atoms with Crippen LogP contribution in [0.1, 0.15) is 25.7 Å². The van der Waals surface area contributed by atoms with Crippen LogP contribution in [0.15, 0.2) is 12.2 Å². The summed E-state index contributed by atoms with van der Waals surface area (Å²) in [4.78, 5) is 10.7. The van der Waals surface area contributed by atoms with Crippen LogP contribution in [-0.2, 0) is 9.53 Å². The number of ether oxygens (including phenoxy) is 1. The zero-order chi connectivity index (χ0) is 9.68. The second kappa shape index (κ2) is 5.02. The van der Waals surface area contributed by atoms with Crippen molar-refractivity contribution in [2.24, 2.45) is 5.92 Å². The average Bonchev–Trinajstić information content (AvgIpc) is 2.66. The molecule has 0 heterocycles. The van der Waals surface area contributed by atoms with Gasteiger partial charge >= 0.3 is 5.97 Å². The summed E-state index contributed by atoms with van der Waals surface area (Å²) in [5.41, 5.74) is 0. The summed E-state index contributed by atoms with van der Waals surface area (Å²) in [5, 5.41) is 9.60. The van der Waals surface area contributed by atoms with Gasteiger partial charge in [0.25, 0.3) is 0 Å². The van der Waals surface area contributed by atoms with Crippen molar-refractivity contribution in [1.29, 1.82) is 0 Å². The van der Waals surface area contributed by atoms with Crippen molar-refractivity contribution in [3.05, 3.63) is 12.2 Å². The molecule has 13 heavy (non-hydrogen) atoms. The fraction of sp³-hybridized carbons (Fsp3) is 0.700. The summed E-state index contributed by atoms with van der Waals surface area (Å²) >= 11 is 0. The van der Waals surface area contributed by atoms with E-state index < -0.39 is 12.1 Å². The highest BCUT2D eigenvalue weighted by molar-refractivity contribution is 5.81. The van der Waals surface area contributed by atoms with Gasteiger partial charge in [0.1, 0.15) is 0 Å². The molecule has 1 atom stereocenters. The Morgan fingerprint density at radius 3 is 2.69 bits per heavy atom. The summed E-state index contributed by atoms with van der Waals surface area (Å²) in [7, 11) is 1.33. The average molecular weight is 184 g/mol. The Morgan fingerprint density at radius 2 is 2.15 bits per heavy atom. The maximum absolute atomic E-state index is 10.7. The first-order valence-electron chi connectivity index (χ1n) is 4.68. The van der Waals surface area contributed by atoms with Crippen LogP contribution in [0, 0.1) is 5.92 Å². The smallest absolute Gasteiger partial charge is 0.330 e. The summed E-state index contributed by atoms with van der Waals surface area (Å²) < 4.78 is 4.43. The molecule has 0 aromatic rings. The summed E-state index contributed by atoms with van der Waals surface area (Å²) in [6, 6.07) is 0. The lowest BCUT2D eigenvalue weighted by Crippen LogP contribution is -2.14. The Kier molecular flexibility index (Phi) is 3.96. The maximum Gasteiger partial charge on any atom is 0.330 e. The van der Waals surface area contributed by atoms with Gasteiger partial charge in [-0.25, -0.2) is 4.79 Å². The molecule has 0 amide bonds. The van der Waals surface area contributed by atoms with Crippen molar-refractivity contribution in [2.75, 3.05) is 7.11 Å². The molecule has 0 aromatic heterocycles. The molecule has 3 heteroatoms. The van der Waals surface area contributed by atoms with Crippen LogP contribution in [-0.4, -0.2) is 24.3 Å². The third kappa shape index (κ3) is 3.19. The molecule has 0 aliphatic heterocycles. The molecular weight excluding hydrogens is 168 g/mol. The van der Waals surface area contributed by atoms with Gasteiger partial charge in [0.15, 0.2) is 0 Å². The highest BCUT2D eigenvalue weighted by atomic mass is 16.5. The van der Waals surface area contributed by atoms with E-state index >= 15 is 0 Å². The number of hydrogen-bond acceptors (Lipinski definition) is 3. The molecule has 1 N–H and O–H groups in total. The van der Waals surface area contributed by atoms with E-state index in [-0.39, 0.29) is 0 Å². The molecule has 74 valence electrons. The first-order valence-corrected chi connectivity index (χ1v) is 4.68. The van der Waals surface area contributed by atoms with Crippen molar-refractivity contribution in [1.82, 2.24) is 0 Å². The van der Waals surface area contributed by atoms with Crippen LogP contribution < -0.4 is 0 Å². The van der Waals surface area contributed by atoms with Gasteiger partial charge in [-0.1, -0.05) is 12.8 Å². The molecule has 0 radical (unpaired) electrons. The van der Waals surface area contributed by atoms with E-state index in [2.05, 4.69) is 4.74 Å². The van der Waals surface area contributed by atoms with Crippen LogP contribution >= 0.6 is 0 Å². The van der Waals surface area contributed by atoms with Gasteiger partial charge in [0.05, 0.1) is 13.2 Å². The molecule has 0 bridgehead atoms. The van der Waals surface area contributed by atoms with Crippen molar-refractivity contribution >= 4 is 5.97 Å². The molecule has 1 aliphatic carbocycles. The number of methoxy groups -OCH3 is 1. The normalized spacial score (nSPS) is 20.8. The van der Waals surface area contributed by atoms with Gasteiger partial charge in [-0.3, -0.25) is 0 Å². The second-order valence-corrected chi connectivity index (χ2v) is 3.42. The number of rotatable bonds is 3. The summed E-state index contributed by atoms with van der Waals surface area (Å²) in [6.45, 7) is 0. The zero-order valence-corrected chi connectivity index (χ0v) is 7.90. The van der Waals surface area contributed by atoms with Gasteiger partial charge in [-0.2, -0.15) is 0 Å². The largest absolute Gasteiger partial charge is 0.466 e. The van der Waals surface area contributed by atoms with E-state index in [9.17, 15) is 9.90 Å². The van der Waals surface area contributed by atoms with E-state index in [1.54, 1.807) is 0 Å². The lowest BCUT2D eigenvalue weighted by atomic mass is 10.0. The molecular formula is C10H16O3. The Balaban J connectivity index is 2.34. The topological polar surface area (TPSA) is 46.5 Å². The number of aliphatic hydroxyl groups is 1. The van der Waals surface area contributed by atoms with Gasteiger partial charge in [0.2, 0.25) is 0 Å². The predicted molar refractivity (Wildman–Crippen MR) is 49.1 cm³/mol. The molecule has 1 aliphatic rings. The minimum atomic E-state index is -0.485. The highest BCUT2D eigenvalue weighted by Gasteiger charge is 2.20. The maximum atomic E-state index is 10.7. The first kappa shape index (κ1) is 10.3. The Morgan fingerprint density at radius 1 is 1.54 bits per heavy atom. The van der Waals surface area contributed by atoms with Gasteiger partial charge < -0.3 is 9.84 Å². The third-order valence-electron chi connectivity index (χ3n) is 2.51. The van der Waals surface area contributed by atoms with Crippen molar-refractivity contribution < 1.29 is 14.6 Å². The van der Waals surface area contributed by atoms with Crippen LogP contribution in [0.5, 0.6) is 0 Å². The van der Waals surface area contributed by atoms with Crippen LogP contribution in [0.3, 0.4) is 0 Å². The number of esters is 1. The molecule has 0 aromatic carbocycles. The Labute approximate surface area is 78.4 Å². The van der Waals surface area contributed by atoms with Gasteiger partial charge in [-0.05, 0) is 24.8 Å². The van der Waals surface area contributed by atoms with Crippen LogP contribution in [0.4, 0.5) is 0 Å². The number of hydrogen-bond donors (Lipinski definition) is 1. The van der Waals surface area contributed by atoms with Crippen LogP contribution in [0.25, 0.3) is 0 Å². The molecule has 0 saturated heterocycles. The summed E-state index contributed by atoms with van der Waals surface area (Å²) in [5.74, 6) is -0.0713. The lowest BCUT2D eigenvalue weighted by Gasteiger charge is -2.12. The van der Waals surface area contributed by atoms with E-state index in [4.69, 9.17) is 0 Å². The van der Waals surface area contributed by atoms with E-state index in [0.717, 1.165) is 12.8 Å². The molecule has 1 fully saturated rings. The Hall–Kier alpha value is -0.830.